The summed E-state index contributed by atoms with van der Waals surface area (Å²) in [6.45, 7) is 3.58. The van der Waals surface area contributed by atoms with Crippen molar-refractivity contribution in [3.05, 3.63) is 47.6 Å². The van der Waals surface area contributed by atoms with Gasteiger partial charge < -0.3 is 4.74 Å². The van der Waals surface area contributed by atoms with Gasteiger partial charge in [-0.3, -0.25) is 14.9 Å². The van der Waals surface area contributed by atoms with Gasteiger partial charge in [-0.05, 0) is 12.1 Å². The Balaban J connectivity index is 1.40. The number of hydrogen-bond acceptors (Lipinski definition) is 5. The Labute approximate surface area is 122 Å². The van der Waals surface area contributed by atoms with E-state index in [1.54, 1.807) is 6.20 Å². The molecular weight excluding hydrogens is 276 g/mol. The lowest BCUT2D eigenvalue weighted by Crippen LogP contribution is -2.48. The van der Waals surface area contributed by atoms with Crippen molar-refractivity contribution in [1.82, 2.24) is 19.9 Å². The molecule has 0 atom stereocenters. The predicted molar refractivity (Wildman–Crippen MR) is 75.5 cm³/mol. The Morgan fingerprint density at radius 3 is 2.95 bits per heavy atom. The monoisotopic (exact) mass is 290 g/mol. The van der Waals surface area contributed by atoms with Crippen LogP contribution in [0.1, 0.15) is 5.69 Å². The summed E-state index contributed by atoms with van der Waals surface area (Å²) < 4.78 is 5.59. The van der Waals surface area contributed by atoms with Gasteiger partial charge >= 0.3 is 0 Å². The maximum Gasteiger partial charge on any atom is 0.233 e. The molecule has 0 saturated carbocycles. The van der Waals surface area contributed by atoms with Crippen LogP contribution in [0.4, 0.5) is 0 Å². The summed E-state index contributed by atoms with van der Waals surface area (Å²) >= 11 is 5.75. The van der Waals surface area contributed by atoms with Crippen LogP contribution in [0.5, 0.6) is 5.88 Å². The van der Waals surface area contributed by atoms with E-state index >= 15 is 0 Å². The highest BCUT2D eigenvalue weighted by Crippen LogP contribution is 2.19. The van der Waals surface area contributed by atoms with Gasteiger partial charge in [-0.1, -0.05) is 17.7 Å². The molecule has 20 heavy (non-hydrogen) atoms. The van der Waals surface area contributed by atoms with Gasteiger partial charge in [0.2, 0.25) is 5.88 Å². The molecule has 104 valence electrons. The fourth-order valence-electron chi connectivity index (χ4n) is 2.23. The highest BCUT2D eigenvalue weighted by molar-refractivity contribution is 6.29. The summed E-state index contributed by atoms with van der Waals surface area (Å²) in [6, 6.07) is 5.99. The van der Waals surface area contributed by atoms with Gasteiger partial charge in [-0.15, -0.1) is 0 Å². The maximum absolute atomic E-state index is 5.75. The quantitative estimate of drug-likeness (QED) is 0.843. The first-order chi connectivity index (χ1) is 9.79. The Morgan fingerprint density at radius 2 is 2.20 bits per heavy atom. The van der Waals surface area contributed by atoms with Gasteiger partial charge in [-0.25, -0.2) is 0 Å². The Kier molecular flexibility index (Phi) is 4.08. The molecule has 0 aromatic carbocycles. The molecule has 5 nitrogen and oxygen atoms in total. The molecule has 3 rings (SSSR count). The molecule has 1 fully saturated rings. The molecule has 0 amide bonds. The second kappa shape index (κ2) is 6.15. The van der Waals surface area contributed by atoms with E-state index in [9.17, 15) is 0 Å². The van der Waals surface area contributed by atoms with Gasteiger partial charge in [0.25, 0.3) is 0 Å². The zero-order valence-electron chi connectivity index (χ0n) is 10.9. The van der Waals surface area contributed by atoms with Gasteiger partial charge in [0.05, 0.1) is 24.7 Å². The molecule has 0 N–H and O–H groups in total. The number of halogens is 1. The minimum atomic E-state index is 0.355. The minimum Gasteiger partial charge on any atom is -0.476 e. The summed E-state index contributed by atoms with van der Waals surface area (Å²) in [5.74, 6) is 1.01. The first-order valence-corrected chi connectivity index (χ1v) is 6.90. The van der Waals surface area contributed by atoms with E-state index in [4.69, 9.17) is 16.3 Å². The zero-order chi connectivity index (χ0) is 13.8. The normalized spacial score (nSPS) is 15.8. The second-order valence-corrected chi connectivity index (χ2v) is 5.26. The van der Waals surface area contributed by atoms with Crippen molar-refractivity contribution >= 4 is 11.6 Å². The second-order valence-electron chi connectivity index (χ2n) is 4.87. The number of hydrogen-bond donors (Lipinski definition) is 0. The van der Waals surface area contributed by atoms with Crippen LogP contribution in [-0.2, 0) is 6.54 Å². The Hall–Kier alpha value is -1.72. The molecule has 3 heterocycles. The smallest absolute Gasteiger partial charge is 0.233 e. The molecule has 0 spiro atoms. The highest BCUT2D eigenvalue weighted by Gasteiger charge is 2.27. The van der Waals surface area contributed by atoms with E-state index in [0.717, 1.165) is 25.3 Å². The molecular formula is C14H15ClN4O. The van der Waals surface area contributed by atoms with E-state index < -0.39 is 0 Å². The number of likely N-dealkylation sites (tertiary alicyclic amines) is 1. The number of nitrogens with zero attached hydrogens (tertiary/aromatic N) is 4. The summed E-state index contributed by atoms with van der Waals surface area (Å²) in [5, 5.41) is 0.355. The van der Waals surface area contributed by atoms with Crippen LogP contribution < -0.4 is 4.74 Å². The summed E-state index contributed by atoms with van der Waals surface area (Å²) in [5.41, 5.74) is 1.10. The fraction of sp³-hybridized carbons (Fsp3) is 0.357. The largest absolute Gasteiger partial charge is 0.476 e. The van der Waals surface area contributed by atoms with Gasteiger partial charge in [-0.2, -0.15) is 4.98 Å². The zero-order valence-corrected chi connectivity index (χ0v) is 11.7. The Bertz CT molecular complexity index is 560. The molecule has 0 unspecified atom stereocenters. The first kappa shape index (κ1) is 13.3. The van der Waals surface area contributed by atoms with Crippen molar-refractivity contribution in [1.29, 1.82) is 0 Å². The average molecular weight is 291 g/mol. The molecule has 1 aliphatic rings. The van der Waals surface area contributed by atoms with Gasteiger partial charge in [0.15, 0.2) is 5.15 Å². The molecule has 1 aliphatic heterocycles. The lowest BCUT2D eigenvalue weighted by Gasteiger charge is -2.38. The van der Waals surface area contributed by atoms with E-state index in [1.165, 1.54) is 6.20 Å². The van der Waals surface area contributed by atoms with Crippen molar-refractivity contribution in [3.8, 4) is 5.88 Å². The highest BCUT2D eigenvalue weighted by atomic mass is 35.5. The maximum atomic E-state index is 5.75. The van der Waals surface area contributed by atoms with Crippen LogP contribution in [0.15, 0.2) is 36.8 Å². The molecule has 2 aromatic heterocycles. The first-order valence-electron chi connectivity index (χ1n) is 6.52. The third-order valence-corrected chi connectivity index (χ3v) is 3.38. The number of ether oxygens (including phenoxy) is 1. The van der Waals surface area contributed by atoms with Crippen molar-refractivity contribution < 1.29 is 4.74 Å². The van der Waals surface area contributed by atoms with Crippen molar-refractivity contribution in [2.24, 2.45) is 5.92 Å². The number of aromatic nitrogens is 3. The summed E-state index contributed by atoms with van der Waals surface area (Å²) in [7, 11) is 0. The lowest BCUT2D eigenvalue weighted by atomic mass is 10.0. The van der Waals surface area contributed by atoms with E-state index in [2.05, 4.69) is 19.9 Å². The molecule has 0 aliphatic carbocycles. The molecule has 1 saturated heterocycles. The van der Waals surface area contributed by atoms with Crippen LogP contribution in [0.2, 0.25) is 5.15 Å². The summed E-state index contributed by atoms with van der Waals surface area (Å²) in [6.07, 6.45) is 4.90. The van der Waals surface area contributed by atoms with Gasteiger partial charge in [0, 0.05) is 31.7 Å². The standard InChI is InChI=1S/C14H15ClN4O/c15-13-5-16-6-14(18-13)20-10-11-7-19(8-11)9-12-3-1-2-4-17-12/h1-6,11H,7-10H2. The van der Waals surface area contributed by atoms with Crippen LogP contribution in [0.3, 0.4) is 0 Å². The average Bonchev–Trinajstić information content (AvgIpc) is 2.42. The van der Waals surface area contributed by atoms with Crippen LogP contribution in [0.25, 0.3) is 0 Å². The van der Waals surface area contributed by atoms with Crippen LogP contribution in [0, 0.1) is 5.92 Å². The fourth-order valence-corrected chi connectivity index (χ4v) is 2.37. The van der Waals surface area contributed by atoms with Crippen LogP contribution in [-0.4, -0.2) is 39.5 Å². The predicted octanol–water partition coefficient (Wildman–Crippen LogP) is 2.04. The SMILES string of the molecule is Clc1cncc(OCC2CN(Cc3ccccn3)C2)n1. The van der Waals surface area contributed by atoms with Gasteiger partial charge in [0.1, 0.15) is 0 Å². The van der Waals surface area contributed by atoms with E-state index in [1.807, 2.05) is 24.4 Å². The summed E-state index contributed by atoms with van der Waals surface area (Å²) in [4.78, 5) is 14.7. The third-order valence-electron chi connectivity index (χ3n) is 3.19. The van der Waals surface area contributed by atoms with Crippen molar-refractivity contribution in [2.45, 2.75) is 6.54 Å². The van der Waals surface area contributed by atoms with E-state index in [-0.39, 0.29) is 0 Å². The number of pyridine rings is 1. The van der Waals surface area contributed by atoms with Crippen molar-refractivity contribution in [2.75, 3.05) is 19.7 Å². The molecule has 0 bridgehead atoms. The molecule has 6 heteroatoms. The molecule has 2 aromatic rings. The third kappa shape index (κ3) is 3.43. The topological polar surface area (TPSA) is 51.1 Å². The van der Waals surface area contributed by atoms with Crippen LogP contribution >= 0.6 is 11.6 Å². The molecule has 0 radical (unpaired) electrons. The van der Waals surface area contributed by atoms with E-state index in [0.29, 0.717) is 23.6 Å². The number of rotatable bonds is 5. The van der Waals surface area contributed by atoms with Crippen molar-refractivity contribution in [3.63, 3.8) is 0 Å². The minimum absolute atomic E-state index is 0.355. The Morgan fingerprint density at radius 1 is 1.30 bits per heavy atom. The lowest BCUT2D eigenvalue weighted by molar-refractivity contribution is 0.0533.